The van der Waals surface area contributed by atoms with Crippen LogP contribution < -0.4 is 10.1 Å². The van der Waals surface area contributed by atoms with Gasteiger partial charge in [-0.2, -0.15) is 0 Å². The maximum atomic E-state index is 14.6. The van der Waals surface area contributed by atoms with E-state index >= 15 is 0 Å². The summed E-state index contributed by atoms with van der Waals surface area (Å²) in [5.41, 5.74) is 0.274. The van der Waals surface area contributed by atoms with Gasteiger partial charge in [0.05, 0.1) is 0 Å². The fraction of sp³-hybridized carbons (Fsp3) is 0.647. The second-order valence-corrected chi connectivity index (χ2v) is 6.41. The highest BCUT2D eigenvalue weighted by atomic mass is 19.4. The summed E-state index contributed by atoms with van der Waals surface area (Å²) in [6.45, 7) is 4.19. The number of halogens is 4. The number of ether oxygens (including phenoxy) is 2. The highest BCUT2D eigenvalue weighted by Gasteiger charge is 2.35. The van der Waals surface area contributed by atoms with Gasteiger partial charge in [0.25, 0.3) is 0 Å². The van der Waals surface area contributed by atoms with E-state index in [1.807, 2.05) is 0 Å². The van der Waals surface area contributed by atoms with E-state index in [9.17, 15) is 17.6 Å². The van der Waals surface area contributed by atoms with Gasteiger partial charge in [0.15, 0.2) is 0 Å². The van der Waals surface area contributed by atoms with E-state index in [4.69, 9.17) is 4.74 Å². The third-order valence-corrected chi connectivity index (χ3v) is 4.78. The molecule has 4 nitrogen and oxygen atoms in total. The minimum Gasteiger partial charge on any atom is -0.406 e. The van der Waals surface area contributed by atoms with Gasteiger partial charge in [0.1, 0.15) is 11.6 Å². The first kappa shape index (κ1) is 18.4. The van der Waals surface area contributed by atoms with Gasteiger partial charge >= 0.3 is 6.36 Å². The van der Waals surface area contributed by atoms with Crippen LogP contribution in [-0.2, 0) is 4.74 Å². The second-order valence-electron chi connectivity index (χ2n) is 6.41. The molecule has 3 rings (SSSR count). The molecule has 0 aliphatic carbocycles. The number of rotatable bonds is 4. The molecular formula is C17H22F4N2O2. The van der Waals surface area contributed by atoms with E-state index in [1.165, 1.54) is 6.07 Å². The van der Waals surface area contributed by atoms with Gasteiger partial charge in [0.2, 0.25) is 0 Å². The van der Waals surface area contributed by atoms with Crippen molar-refractivity contribution >= 4 is 0 Å². The molecule has 1 aromatic carbocycles. The molecule has 1 aromatic rings. The number of alkyl halides is 3. The minimum absolute atomic E-state index is 0.141. The lowest BCUT2D eigenvalue weighted by molar-refractivity contribution is -0.274. The summed E-state index contributed by atoms with van der Waals surface area (Å²) in [4.78, 5) is 2.16. The summed E-state index contributed by atoms with van der Waals surface area (Å²) in [5, 5.41) is 3.25. The molecule has 2 saturated heterocycles. The molecule has 0 amide bonds. The third-order valence-electron chi connectivity index (χ3n) is 4.78. The maximum Gasteiger partial charge on any atom is 0.573 e. The van der Waals surface area contributed by atoms with Gasteiger partial charge in [-0.15, -0.1) is 13.2 Å². The van der Waals surface area contributed by atoms with Crippen molar-refractivity contribution in [2.75, 3.05) is 39.4 Å². The SMILES string of the molecule is Fc1ccc(OC(F)(F)F)cc1[C@@H](C1CCOCC1)N1CCNCC1. The van der Waals surface area contributed by atoms with E-state index in [2.05, 4.69) is 15.0 Å². The predicted octanol–water partition coefficient (Wildman–Crippen LogP) is 3.10. The zero-order chi connectivity index (χ0) is 17.9. The van der Waals surface area contributed by atoms with Gasteiger partial charge in [0, 0.05) is 51.0 Å². The van der Waals surface area contributed by atoms with Gasteiger partial charge in [-0.25, -0.2) is 4.39 Å². The number of nitrogens with zero attached hydrogens (tertiary/aromatic N) is 1. The van der Waals surface area contributed by atoms with Crippen LogP contribution in [0.25, 0.3) is 0 Å². The average Bonchev–Trinajstić information content (AvgIpc) is 2.59. The van der Waals surface area contributed by atoms with Crippen molar-refractivity contribution in [2.24, 2.45) is 5.92 Å². The maximum absolute atomic E-state index is 14.6. The summed E-state index contributed by atoms with van der Waals surface area (Å²) >= 11 is 0. The first-order valence-corrected chi connectivity index (χ1v) is 8.52. The van der Waals surface area contributed by atoms with E-state index < -0.39 is 12.2 Å². The molecule has 0 bridgehead atoms. The van der Waals surface area contributed by atoms with Crippen molar-refractivity contribution in [3.05, 3.63) is 29.6 Å². The van der Waals surface area contributed by atoms with E-state index in [-0.39, 0.29) is 23.3 Å². The zero-order valence-corrected chi connectivity index (χ0v) is 13.8. The van der Waals surface area contributed by atoms with Crippen LogP contribution in [0.5, 0.6) is 5.75 Å². The number of hydrogen-bond donors (Lipinski definition) is 1. The number of benzene rings is 1. The Balaban J connectivity index is 1.92. The molecule has 2 aliphatic rings. The first-order chi connectivity index (χ1) is 11.9. The van der Waals surface area contributed by atoms with Crippen LogP contribution in [0.1, 0.15) is 24.4 Å². The Kier molecular flexibility index (Phi) is 5.81. The lowest BCUT2D eigenvalue weighted by Gasteiger charge is -2.41. The van der Waals surface area contributed by atoms with Gasteiger partial charge in [-0.05, 0) is 37.0 Å². The molecule has 8 heteroatoms. The lowest BCUT2D eigenvalue weighted by atomic mass is 9.85. The van der Waals surface area contributed by atoms with Crippen molar-refractivity contribution < 1.29 is 27.0 Å². The van der Waals surface area contributed by atoms with Gasteiger partial charge in [-0.3, -0.25) is 4.90 Å². The fourth-order valence-corrected chi connectivity index (χ4v) is 3.69. The summed E-state index contributed by atoms with van der Waals surface area (Å²) in [6, 6.07) is 3.00. The molecule has 140 valence electrons. The molecule has 0 aromatic heterocycles. The average molecular weight is 362 g/mol. The molecule has 25 heavy (non-hydrogen) atoms. The van der Waals surface area contributed by atoms with Gasteiger partial charge in [-0.1, -0.05) is 0 Å². The van der Waals surface area contributed by atoms with Gasteiger partial charge < -0.3 is 14.8 Å². The Morgan fingerprint density at radius 2 is 1.84 bits per heavy atom. The van der Waals surface area contributed by atoms with Crippen molar-refractivity contribution in [1.82, 2.24) is 10.2 Å². The summed E-state index contributed by atoms with van der Waals surface area (Å²) < 4.78 is 61.5. The monoisotopic (exact) mass is 362 g/mol. The van der Waals surface area contributed by atoms with E-state index in [0.29, 0.717) is 13.2 Å². The minimum atomic E-state index is -4.79. The van der Waals surface area contributed by atoms with Crippen molar-refractivity contribution in [1.29, 1.82) is 0 Å². The van der Waals surface area contributed by atoms with Crippen molar-refractivity contribution in [3.63, 3.8) is 0 Å². The predicted molar refractivity (Wildman–Crippen MR) is 83.8 cm³/mol. The Hall–Kier alpha value is -1.38. The van der Waals surface area contributed by atoms with Crippen LogP contribution >= 0.6 is 0 Å². The molecule has 1 N–H and O–H groups in total. The normalized spacial score (nSPS) is 21.9. The molecular weight excluding hydrogens is 340 g/mol. The van der Waals surface area contributed by atoms with Crippen LogP contribution in [-0.4, -0.2) is 50.7 Å². The van der Waals surface area contributed by atoms with Crippen LogP contribution in [0, 0.1) is 11.7 Å². The lowest BCUT2D eigenvalue weighted by Crippen LogP contribution is -2.47. The third kappa shape index (κ3) is 4.83. The smallest absolute Gasteiger partial charge is 0.406 e. The van der Waals surface area contributed by atoms with E-state index in [1.54, 1.807) is 0 Å². The highest BCUT2D eigenvalue weighted by Crippen LogP contribution is 2.38. The molecule has 0 radical (unpaired) electrons. The van der Waals surface area contributed by atoms with Crippen LogP contribution in [0.2, 0.25) is 0 Å². The molecule has 2 aliphatic heterocycles. The molecule has 0 spiro atoms. The Morgan fingerprint density at radius 1 is 1.16 bits per heavy atom. The molecule has 0 unspecified atom stereocenters. The first-order valence-electron chi connectivity index (χ1n) is 8.52. The number of piperazine rings is 1. The second kappa shape index (κ2) is 7.88. The highest BCUT2D eigenvalue weighted by molar-refractivity contribution is 5.33. The van der Waals surface area contributed by atoms with Crippen molar-refractivity contribution in [2.45, 2.75) is 25.2 Å². The molecule has 2 fully saturated rings. The Morgan fingerprint density at radius 3 is 2.48 bits per heavy atom. The van der Waals surface area contributed by atoms with Crippen LogP contribution in [0.15, 0.2) is 18.2 Å². The standard InChI is InChI=1S/C17H22F4N2O2/c18-15-2-1-13(25-17(19,20)21)11-14(15)16(12-3-9-24-10-4-12)23-7-5-22-6-8-23/h1-2,11-12,16,22H,3-10H2/t16-/m1/s1. The molecule has 1 atom stereocenters. The number of hydrogen-bond acceptors (Lipinski definition) is 4. The molecule has 2 heterocycles. The largest absolute Gasteiger partial charge is 0.573 e. The zero-order valence-electron chi connectivity index (χ0n) is 13.8. The fourth-order valence-electron chi connectivity index (χ4n) is 3.69. The summed E-state index contributed by atoms with van der Waals surface area (Å²) in [6.07, 6.45) is -3.27. The Labute approximate surface area is 144 Å². The van der Waals surface area contributed by atoms with Crippen molar-refractivity contribution in [3.8, 4) is 5.75 Å². The molecule has 0 saturated carbocycles. The Bertz CT molecular complexity index is 552. The van der Waals surface area contributed by atoms with E-state index in [0.717, 1.165) is 51.2 Å². The summed E-state index contributed by atoms with van der Waals surface area (Å²) in [5.74, 6) is -0.733. The quantitative estimate of drug-likeness (QED) is 0.835. The van der Waals surface area contributed by atoms with Crippen LogP contribution in [0.3, 0.4) is 0 Å². The van der Waals surface area contributed by atoms with Crippen LogP contribution in [0.4, 0.5) is 17.6 Å². The topological polar surface area (TPSA) is 33.7 Å². The summed E-state index contributed by atoms with van der Waals surface area (Å²) in [7, 11) is 0. The number of nitrogens with one attached hydrogen (secondary N) is 1.